The van der Waals surface area contributed by atoms with Crippen LogP contribution in [-0.2, 0) is 21.0 Å². The highest BCUT2D eigenvalue weighted by Gasteiger charge is 2.35. The van der Waals surface area contributed by atoms with E-state index in [4.69, 9.17) is 4.74 Å². The van der Waals surface area contributed by atoms with Gasteiger partial charge in [-0.15, -0.1) is 0 Å². The second-order valence-electron chi connectivity index (χ2n) is 5.97. The molecule has 0 heterocycles. The van der Waals surface area contributed by atoms with E-state index in [0.717, 1.165) is 22.7 Å². The maximum Gasteiger partial charge on any atom is 0.418 e. The fraction of sp³-hybridized carbons (Fsp3) is 0.278. The van der Waals surface area contributed by atoms with E-state index in [1.165, 1.54) is 44.4 Å². The minimum atomic E-state index is -4.67. The Kier molecular flexibility index (Phi) is 6.23. The van der Waals surface area contributed by atoms with Crippen LogP contribution in [0.25, 0.3) is 0 Å². The quantitative estimate of drug-likeness (QED) is 0.782. The van der Waals surface area contributed by atoms with E-state index in [-0.39, 0.29) is 5.69 Å². The number of methoxy groups -OCH3 is 1. The molecule has 6 nitrogen and oxygen atoms in total. The molecule has 2 rings (SSSR count). The largest absolute Gasteiger partial charge is 0.497 e. The Morgan fingerprint density at radius 1 is 1.14 bits per heavy atom. The number of rotatable bonds is 6. The lowest BCUT2D eigenvalue weighted by Crippen LogP contribution is -2.45. The van der Waals surface area contributed by atoms with Crippen molar-refractivity contribution in [1.82, 2.24) is 0 Å². The number of alkyl halides is 3. The van der Waals surface area contributed by atoms with Gasteiger partial charge in [0.2, 0.25) is 15.9 Å². The Bertz CT molecular complexity index is 961. The normalized spacial score (nSPS) is 12.9. The Labute approximate surface area is 161 Å². The van der Waals surface area contributed by atoms with Gasteiger partial charge in [0.1, 0.15) is 11.8 Å². The first-order valence-electron chi connectivity index (χ1n) is 8.05. The lowest BCUT2D eigenvalue weighted by molar-refractivity contribution is -0.137. The van der Waals surface area contributed by atoms with Crippen molar-refractivity contribution in [1.29, 1.82) is 0 Å². The van der Waals surface area contributed by atoms with Crippen molar-refractivity contribution in [3.63, 3.8) is 0 Å². The molecule has 28 heavy (non-hydrogen) atoms. The van der Waals surface area contributed by atoms with Crippen molar-refractivity contribution in [3.8, 4) is 5.75 Å². The molecule has 0 saturated heterocycles. The molecule has 0 fully saturated rings. The van der Waals surface area contributed by atoms with Crippen LogP contribution < -0.4 is 14.4 Å². The third-order valence-electron chi connectivity index (χ3n) is 3.89. The summed E-state index contributed by atoms with van der Waals surface area (Å²) < 4.78 is 69.8. The van der Waals surface area contributed by atoms with Crippen LogP contribution in [0.5, 0.6) is 5.75 Å². The minimum Gasteiger partial charge on any atom is -0.497 e. The number of sulfonamides is 1. The number of carbonyl (C=O) groups is 1. The summed E-state index contributed by atoms with van der Waals surface area (Å²) in [6.45, 7) is 1.28. The molecule has 0 radical (unpaired) electrons. The van der Waals surface area contributed by atoms with Gasteiger partial charge in [0.05, 0.1) is 30.3 Å². The minimum absolute atomic E-state index is 0.147. The Morgan fingerprint density at radius 2 is 1.79 bits per heavy atom. The Hall–Kier alpha value is -2.75. The van der Waals surface area contributed by atoms with Gasteiger partial charge in [-0.3, -0.25) is 9.10 Å². The lowest BCUT2D eigenvalue weighted by Gasteiger charge is -2.28. The number of hydrogen-bond donors (Lipinski definition) is 1. The number of halogens is 3. The molecule has 152 valence electrons. The van der Waals surface area contributed by atoms with Crippen molar-refractivity contribution in [2.45, 2.75) is 19.1 Å². The standard InChI is InChI=1S/C18H19F3N2O4S/c1-12(17(24)22-16-10-5-4-9-15(16)18(19,20)21)23(28(3,25)26)13-7-6-8-14(11-13)27-2/h4-12H,1-3H3,(H,22,24)/t12-/m0/s1. The van der Waals surface area contributed by atoms with Gasteiger partial charge in [-0.1, -0.05) is 18.2 Å². The van der Waals surface area contributed by atoms with Crippen molar-refractivity contribution in [2.75, 3.05) is 23.0 Å². The third-order valence-corrected chi connectivity index (χ3v) is 5.13. The fourth-order valence-corrected chi connectivity index (χ4v) is 3.80. The SMILES string of the molecule is COc1cccc(N([C@@H](C)C(=O)Nc2ccccc2C(F)(F)F)S(C)(=O)=O)c1. The molecule has 0 aliphatic heterocycles. The number of nitrogens with one attached hydrogen (secondary N) is 1. The molecule has 1 amide bonds. The van der Waals surface area contributed by atoms with Gasteiger partial charge >= 0.3 is 6.18 Å². The Balaban J connectivity index is 2.38. The maximum atomic E-state index is 13.1. The van der Waals surface area contributed by atoms with E-state index in [1.54, 1.807) is 6.07 Å². The molecule has 0 aliphatic rings. The molecule has 2 aromatic rings. The summed E-state index contributed by atoms with van der Waals surface area (Å²) in [4.78, 5) is 12.6. The van der Waals surface area contributed by atoms with E-state index in [2.05, 4.69) is 5.32 Å². The molecular formula is C18H19F3N2O4S. The first-order chi connectivity index (χ1) is 12.9. The zero-order chi connectivity index (χ0) is 21.1. The van der Waals surface area contributed by atoms with Crippen molar-refractivity contribution in [2.24, 2.45) is 0 Å². The topological polar surface area (TPSA) is 75.7 Å². The Morgan fingerprint density at radius 3 is 2.36 bits per heavy atom. The molecule has 1 N–H and O–H groups in total. The zero-order valence-corrected chi connectivity index (χ0v) is 16.1. The maximum absolute atomic E-state index is 13.1. The second-order valence-corrected chi connectivity index (χ2v) is 7.83. The highest BCUT2D eigenvalue weighted by atomic mass is 32.2. The van der Waals surface area contributed by atoms with Gasteiger partial charge < -0.3 is 10.1 Å². The van der Waals surface area contributed by atoms with Crippen LogP contribution in [0.2, 0.25) is 0 Å². The van der Waals surface area contributed by atoms with Gasteiger partial charge in [-0.05, 0) is 31.2 Å². The average molecular weight is 416 g/mol. The molecule has 1 atom stereocenters. The predicted molar refractivity (Wildman–Crippen MR) is 99.9 cm³/mol. The number of ether oxygens (including phenoxy) is 1. The van der Waals surface area contributed by atoms with Gasteiger partial charge in [0, 0.05) is 6.07 Å². The summed E-state index contributed by atoms with van der Waals surface area (Å²) in [5.74, 6) is -0.550. The first kappa shape index (κ1) is 21.5. The molecule has 0 aliphatic carbocycles. The summed E-state index contributed by atoms with van der Waals surface area (Å²) >= 11 is 0. The summed E-state index contributed by atoms with van der Waals surface area (Å²) in [7, 11) is -2.53. The highest BCUT2D eigenvalue weighted by molar-refractivity contribution is 7.92. The molecule has 10 heteroatoms. The summed E-state index contributed by atoms with van der Waals surface area (Å²) in [6, 6.07) is 9.15. The molecule has 0 saturated carbocycles. The summed E-state index contributed by atoms with van der Waals surface area (Å²) in [6.07, 6.45) is -3.77. The molecule has 0 spiro atoms. The van der Waals surface area contributed by atoms with Gasteiger partial charge in [0.15, 0.2) is 0 Å². The third kappa shape index (κ3) is 4.94. The van der Waals surface area contributed by atoms with E-state index in [9.17, 15) is 26.4 Å². The molecule has 0 bridgehead atoms. The predicted octanol–water partition coefficient (Wildman–Crippen LogP) is 3.51. The number of hydrogen-bond acceptors (Lipinski definition) is 4. The number of amides is 1. The van der Waals surface area contributed by atoms with E-state index < -0.39 is 39.4 Å². The highest BCUT2D eigenvalue weighted by Crippen LogP contribution is 2.35. The van der Waals surface area contributed by atoms with Crippen LogP contribution in [0.3, 0.4) is 0 Å². The fourth-order valence-electron chi connectivity index (χ4n) is 2.63. The molecule has 2 aromatic carbocycles. The van der Waals surface area contributed by atoms with Crippen LogP contribution in [0.4, 0.5) is 24.5 Å². The molecule has 0 unspecified atom stereocenters. The zero-order valence-electron chi connectivity index (χ0n) is 15.3. The van der Waals surface area contributed by atoms with Crippen molar-refractivity contribution in [3.05, 3.63) is 54.1 Å². The van der Waals surface area contributed by atoms with E-state index in [0.29, 0.717) is 5.75 Å². The van der Waals surface area contributed by atoms with Crippen LogP contribution in [0.1, 0.15) is 12.5 Å². The summed E-state index contributed by atoms with van der Waals surface area (Å²) in [5.41, 5.74) is -1.33. The summed E-state index contributed by atoms with van der Waals surface area (Å²) in [5, 5.41) is 2.17. The molecule has 0 aromatic heterocycles. The number of anilines is 2. The number of nitrogens with zero attached hydrogens (tertiary/aromatic N) is 1. The number of para-hydroxylation sites is 1. The van der Waals surface area contributed by atoms with Gasteiger partial charge in [-0.25, -0.2) is 8.42 Å². The number of carbonyl (C=O) groups excluding carboxylic acids is 1. The van der Waals surface area contributed by atoms with Gasteiger partial charge in [0.25, 0.3) is 0 Å². The first-order valence-corrected chi connectivity index (χ1v) is 9.90. The number of benzene rings is 2. The van der Waals surface area contributed by atoms with Crippen LogP contribution >= 0.6 is 0 Å². The smallest absolute Gasteiger partial charge is 0.418 e. The lowest BCUT2D eigenvalue weighted by atomic mass is 10.1. The van der Waals surface area contributed by atoms with E-state index in [1.807, 2.05) is 0 Å². The second kappa shape index (κ2) is 8.09. The average Bonchev–Trinajstić information content (AvgIpc) is 2.60. The van der Waals surface area contributed by atoms with Crippen molar-refractivity contribution >= 4 is 27.3 Å². The monoisotopic (exact) mass is 416 g/mol. The van der Waals surface area contributed by atoms with Crippen LogP contribution in [0, 0.1) is 0 Å². The molecular weight excluding hydrogens is 397 g/mol. The van der Waals surface area contributed by atoms with Crippen molar-refractivity contribution < 1.29 is 31.1 Å². The van der Waals surface area contributed by atoms with Gasteiger partial charge in [-0.2, -0.15) is 13.2 Å². The van der Waals surface area contributed by atoms with Crippen LogP contribution in [-0.4, -0.2) is 33.7 Å². The van der Waals surface area contributed by atoms with E-state index >= 15 is 0 Å². The van der Waals surface area contributed by atoms with Crippen LogP contribution in [0.15, 0.2) is 48.5 Å².